The molecule has 1 heterocycles. The molecule has 7 heteroatoms. The van der Waals surface area contributed by atoms with E-state index in [-0.39, 0.29) is 24.9 Å². The largest absolute Gasteiger partial charge is 0.491 e. The predicted molar refractivity (Wildman–Crippen MR) is 88.0 cm³/mol. The molecule has 2 rings (SSSR count). The van der Waals surface area contributed by atoms with Gasteiger partial charge in [0, 0.05) is 20.0 Å². The molecule has 3 N–H and O–H groups in total. The molecule has 0 aliphatic carbocycles. The van der Waals surface area contributed by atoms with Gasteiger partial charge in [0.15, 0.2) is 0 Å². The summed E-state index contributed by atoms with van der Waals surface area (Å²) in [7, 11) is 1.80. The third kappa shape index (κ3) is 5.13. The molecule has 2 atom stereocenters. The van der Waals surface area contributed by atoms with Crippen LogP contribution in [0.2, 0.25) is 0 Å². The number of carbonyl (C=O) groups excluding carboxylic acids is 1. The molecule has 0 spiro atoms. The van der Waals surface area contributed by atoms with Crippen LogP contribution < -0.4 is 10.1 Å². The Balaban J connectivity index is 1.87. The van der Waals surface area contributed by atoms with Gasteiger partial charge >= 0.3 is 6.09 Å². The van der Waals surface area contributed by atoms with Gasteiger partial charge in [0.05, 0.1) is 12.1 Å². The molecule has 24 heavy (non-hydrogen) atoms. The number of aliphatic hydroxyl groups excluding tert-OH is 1. The van der Waals surface area contributed by atoms with Crippen molar-refractivity contribution >= 4 is 12.0 Å². The lowest BCUT2D eigenvalue weighted by Crippen LogP contribution is -2.43. The number of likely N-dealkylation sites (tertiary alicyclic amines) is 1. The highest BCUT2D eigenvalue weighted by molar-refractivity contribution is 5.76. The molecule has 1 unspecified atom stereocenters. The van der Waals surface area contributed by atoms with Gasteiger partial charge in [-0.1, -0.05) is 12.1 Å². The van der Waals surface area contributed by atoms with Gasteiger partial charge in [0.2, 0.25) is 5.91 Å². The molecule has 1 fully saturated rings. The van der Waals surface area contributed by atoms with Gasteiger partial charge in [-0.2, -0.15) is 0 Å². The molecular formula is C17H24N2O5. The van der Waals surface area contributed by atoms with Crippen molar-refractivity contribution in [2.45, 2.75) is 37.8 Å². The minimum Gasteiger partial charge on any atom is -0.491 e. The maximum absolute atomic E-state index is 11.7. The number of nitrogens with zero attached hydrogens (tertiary/aromatic N) is 1. The van der Waals surface area contributed by atoms with Crippen molar-refractivity contribution in [3.8, 4) is 5.75 Å². The Bertz CT molecular complexity index is 578. The molecule has 0 saturated carbocycles. The molecule has 132 valence electrons. The normalized spacial score (nSPS) is 19.0. The molecule has 7 nitrogen and oxygen atoms in total. The van der Waals surface area contributed by atoms with Crippen molar-refractivity contribution in [1.29, 1.82) is 0 Å². The predicted octanol–water partition coefficient (Wildman–Crippen LogP) is 1.77. The van der Waals surface area contributed by atoms with Crippen LogP contribution in [-0.4, -0.2) is 53.4 Å². The number of carboxylic acid groups (broad SMARTS) is 1. The Morgan fingerprint density at radius 1 is 1.50 bits per heavy atom. The van der Waals surface area contributed by atoms with Crippen molar-refractivity contribution in [3.05, 3.63) is 29.8 Å². The third-order valence-electron chi connectivity index (χ3n) is 4.25. The van der Waals surface area contributed by atoms with E-state index >= 15 is 0 Å². The first-order valence-corrected chi connectivity index (χ1v) is 8.10. The fourth-order valence-electron chi connectivity index (χ4n) is 2.74. The monoisotopic (exact) mass is 336 g/mol. The standard InChI is InChI=1S/C17H24N2O5/c1-19-13(5-3-7-16(19)21)11-24-14-6-2-4-12(10-14)15(20)8-9-18-17(22)23/h2,4,6,10,13,15,18,20H,3,5,7-9,11H2,1H3,(H,22,23)/t13?,15-/m1/s1. The van der Waals surface area contributed by atoms with Crippen LogP contribution in [0.15, 0.2) is 24.3 Å². The minimum atomic E-state index is -1.11. The van der Waals surface area contributed by atoms with Crippen molar-refractivity contribution in [3.63, 3.8) is 0 Å². The van der Waals surface area contributed by atoms with Crippen molar-refractivity contribution in [1.82, 2.24) is 10.2 Å². The number of piperidine rings is 1. The summed E-state index contributed by atoms with van der Waals surface area (Å²) >= 11 is 0. The number of ether oxygens (including phenoxy) is 1. The van der Waals surface area contributed by atoms with Gasteiger partial charge in [-0.25, -0.2) is 4.79 Å². The van der Waals surface area contributed by atoms with E-state index in [0.29, 0.717) is 24.3 Å². The zero-order chi connectivity index (χ0) is 17.5. The minimum absolute atomic E-state index is 0.0691. The number of hydrogen-bond acceptors (Lipinski definition) is 4. The highest BCUT2D eigenvalue weighted by atomic mass is 16.5. The van der Waals surface area contributed by atoms with Crippen LogP contribution in [0.5, 0.6) is 5.75 Å². The number of nitrogens with one attached hydrogen (secondary N) is 1. The summed E-state index contributed by atoms with van der Waals surface area (Å²) in [6.45, 7) is 0.596. The number of amides is 2. The first-order valence-electron chi connectivity index (χ1n) is 8.10. The van der Waals surface area contributed by atoms with Gasteiger partial charge in [0.1, 0.15) is 12.4 Å². The van der Waals surface area contributed by atoms with E-state index in [1.807, 2.05) is 0 Å². The molecule has 1 saturated heterocycles. The first-order chi connectivity index (χ1) is 11.5. The van der Waals surface area contributed by atoms with Crippen LogP contribution in [-0.2, 0) is 4.79 Å². The summed E-state index contributed by atoms with van der Waals surface area (Å²) < 4.78 is 5.78. The number of benzene rings is 1. The van der Waals surface area contributed by atoms with Crippen LogP contribution in [0.1, 0.15) is 37.4 Å². The van der Waals surface area contributed by atoms with E-state index in [2.05, 4.69) is 5.32 Å². The van der Waals surface area contributed by atoms with Crippen molar-refractivity contribution < 1.29 is 24.5 Å². The fraction of sp³-hybridized carbons (Fsp3) is 0.529. The van der Waals surface area contributed by atoms with Crippen LogP contribution in [0.3, 0.4) is 0 Å². The molecule has 1 aliphatic heterocycles. The number of rotatable bonds is 7. The maximum atomic E-state index is 11.7. The highest BCUT2D eigenvalue weighted by Crippen LogP contribution is 2.23. The van der Waals surface area contributed by atoms with Crippen LogP contribution in [0.25, 0.3) is 0 Å². The molecule has 0 bridgehead atoms. The average Bonchev–Trinajstić information content (AvgIpc) is 2.56. The number of aliphatic hydroxyl groups is 1. The third-order valence-corrected chi connectivity index (χ3v) is 4.25. The lowest BCUT2D eigenvalue weighted by molar-refractivity contribution is -0.135. The Labute approximate surface area is 141 Å². The summed E-state index contributed by atoms with van der Waals surface area (Å²) in [5, 5.41) is 20.9. The van der Waals surface area contributed by atoms with Gasteiger partial charge in [0.25, 0.3) is 0 Å². The summed E-state index contributed by atoms with van der Waals surface area (Å²) in [4.78, 5) is 23.8. The summed E-state index contributed by atoms with van der Waals surface area (Å²) in [5.74, 6) is 0.772. The van der Waals surface area contributed by atoms with Gasteiger partial charge in [-0.3, -0.25) is 4.79 Å². The van der Waals surface area contributed by atoms with E-state index in [4.69, 9.17) is 9.84 Å². The Kier molecular flexibility index (Phi) is 6.43. The summed E-state index contributed by atoms with van der Waals surface area (Å²) in [6.07, 6.45) is 0.817. The maximum Gasteiger partial charge on any atom is 0.404 e. The van der Waals surface area contributed by atoms with Crippen molar-refractivity contribution in [2.24, 2.45) is 0 Å². The second-order valence-corrected chi connectivity index (χ2v) is 5.97. The van der Waals surface area contributed by atoms with Gasteiger partial charge in [-0.15, -0.1) is 0 Å². The molecule has 1 aromatic rings. The Morgan fingerprint density at radius 3 is 3.04 bits per heavy atom. The smallest absolute Gasteiger partial charge is 0.404 e. The van der Waals surface area contributed by atoms with E-state index < -0.39 is 12.2 Å². The highest BCUT2D eigenvalue weighted by Gasteiger charge is 2.25. The van der Waals surface area contributed by atoms with Crippen LogP contribution in [0.4, 0.5) is 4.79 Å². The quantitative estimate of drug-likeness (QED) is 0.705. The van der Waals surface area contributed by atoms with Gasteiger partial charge in [-0.05, 0) is 37.0 Å². The topological polar surface area (TPSA) is 99.1 Å². The van der Waals surface area contributed by atoms with Gasteiger partial charge < -0.3 is 25.2 Å². The molecule has 0 radical (unpaired) electrons. The van der Waals surface area contributed by atoms with E-state index in [9.17, 15) is 14.7 Å². The summed E-state index contributed by atoms with van der Waals surface area (Å²) in [6, 6.07) is 7.18. The zero-order valence-electron chi connectivity index (χ0n) is 13.8. The SMILES string of the molecule is CN1C(=O)CCCC1COc1cccc([C@H](O)CCNC(=O)O)c1. The second-order valence-electron chi connectivity index (χ2n) is 5.97. The number of hydrogen-bond donors (Lipinski definition) is 3. The molecule has 2 amide bonds. The molecule has 0 aromatic heterocycles. The lowest BCUT2D eigenvalue weighted by atomic mass is 10.0. The second kappa shape index (κ2) is 8.54. The van der Waals surface area contributed by atoms with Crippen LogP contribution >= 0.6 is 0 Å². The fourth-order valence-corrected chi connectivity index (χ4v) is 2.74. The van der Waals surface area contributed by atoms with Crippen LogP contribution in [0, 0.1) is 0 Å². The summed E-state index contributed by atoms with van der Waals surface area (Å²) in [5.41, 5.74) is 0.674. The Hall–Kier alpha value is -2.28. The number of carbonyl (C=O) groups is 2. The van der Waals surface area contributed by atoms with Crippen molar-refractivity contribution in [2.75, 3.05) is 20.2 Å². The molecular weight excluding hydrogens is 312 g/mol. The Morgan fingerprint density at radius 2 is 2.29 bits per heavy atom. The molecule has 1 aromatic carbocycles. The zero-order valence-corrected chi connectivity index (χ0v) is 13.8. The average molecular weight is 336 g/mol. The van der Waals surface area contributed by atoms with E-state index in [0.717, 1.165) is 12.8 Å². The molecule has 1 aliphatic rings. The van der Waals surface area contributed by atoms with E-state index in [1.54, 1.807) is 36.2 Å². The van der Waals surface area contributed by atoms with E-state index in [1.165, 1.54) is 0 Å². The first kappa shape index (κ1) is 18.1. The number of likely N-dealkylation sites (N-methyl/N-ethyl adjacent to an activating group) is 1. The lowest BCUT2D eigenvalue weighted by Gasteiger charge is -2.32.